The van der Waals surface area contributed by atoms with Gasteiger partial charge in [0.05, 0.1) is 13.2 Å². The Balaban J connectivity index is 0.472. The number of fused-ring (bicyclic) bond motifs is 13. The van der Waals surface area contributed by atoms with E-state index in [-0.39, 0.29) is 29.6 Å². The molecule has 9 aliphatic carbocycles. The molecular weight excluding hydrogens is 1420 g/mol. The molecule has 9 aliphatic rings. The average molecular weight is 1570 g/mol. The minimum absolute atomic E-state index is 0.00785. The molecule has 2 unspecified atom stereocenters. The van der Waals surface area contributed by atoms with Crippen LogP contribution in [0.2, 0.25) is 0 Å². The zero-order valence-corrected chi connectivity index (χ0v) is 73.9. The van der Waals surface area contributed by atoms with Gasteiger partial charge in [0.15, 0.2) is 0 Å². The molecule has 0 bridgehead atoms. The number of ether oxygens (including phenoxy) is 4. The van der Waals surface area contributed by atoms with Crippen molar-refractivity contribution in [1.29, 1.82) is 0 Å². The number of unbranched alkanes of at least 4 members (excludes halogenated alkanes) is 4. The smallest absolute Gasteiger partial charge is 0.306 e. The number of hydrogen-bond donors (Lipinski definition) is 0. The maximum Gasteiger partial charge on any atom is 0.306 e. The van der Waals surface area contributed by atoms with E-state index in [0.29, 0.717) is 59.6 Å². The van der Waals surface area contributed by atoms with Gasteiger partial charge in [-0.15, -0.1) is 22.7 Å². The standard InChI is InChI=1S/C105H146O6S2/c1-13-57-105(58-14-2)93-65-75(97-51-49-95(112-97)73-29-37-79(38-30-73)108-63-19-15-17-27-99(106)110-81-53-59-101(9)77(67-81)35-43-85-89-47-45-87(71(7)25-21-23-69(3)4)103(89,11)61-55-91(85)101)33-41-83(93)84-42-34-76(66-94(84)105)98-52-50-96(113-98)74-31-39-80(40-32-74)109-64-20-16-18-28-100(107)111-82-54-60-102(10)78(68-82)36-44-86-90-48-46-88(72(8)26-22-24-70(5)6)104(90,12)62-56-92(86)102/h29-34,37-42,49-52,65-66,69-72,77-78,81-82,85-92H,13-28,35-36,43-48,53-64,67-68H2,1-12H3/t71-,72-,77?,78?,81+,82+,85+,86+,87-,88-,89+,90+,91+,92+,101+,102+,103-,104-/m1/s1. The Morgan fingerprint density at radius 2 is 0.779 bits per heavy atom. The van der Waals surface area contributed by atoms with Crippen LogP contribution >= 0.6 is 22.7 Å². The second kappa shape index (κ2) is 35.8. The number of carbonyl (C=O) groups is 2. The van der Waals surface area contributed by atoms with Crippen LogP contribution < -0.4 is 9.47 Å². The first kappa shape index (κ1) is 82.9. The van der Waals surface area contributed by atoms with Crippen molar-refractivity contribution in [3.8, 4) is 64.4 Å². The summed E-state index contributed by atoms with van der Waals surface area (Å²) in [6.45, 7) is 31.5. The molecule has 15 rings (SSSR count). The van der Waals surface area contributed by atoms with Crippen LogP contribution in [0.1, 0.15) is 325 Å². The molecule has 8 heteroatoms. The highest BCUT2D eigenvalue weighted by Gasteiger charge is 2.63. The van der Waals surface area contributed by atoms with Gasteiger partial charge in [0.2, 0.25) is 0 Å². The van der Waals surface area contributed by atoms with Crippen LogP contribution in [0, 0.1) is 105 Å². The Kier molecular flexibility index (Phi) is 26.3. The highest BCUT2D eigenvalue weighted by molar-refractivity contribution is 7.19. The van der Waals surface area contributed by atoms with E-state index in [1.165, 1.54) is 192 Å². The van der Waals surface area contributed by atoms with Crippen LogP contribution in [0.3, 0.4) is 0 Å². The second-order valence-corrected chi connectivity index (χ2v) is 43.1. The van der Waals surface area contributed by atoms with Crippen molar-refractivity contribution < 1.29 is 28.5 Å². The maximum absolute atomic E-state index is 13.3. The summed E-state index contributed by atoms with van der Waals surface area (Å²) >= 11 is 3.75. The van der Waals surface area contributed by atoms with E-state index in [4.69, 9.17) is 18.9 Å². The fourth-order valence-corrected chi connectivity index (χ4v) is 29.7. The van der Waals surface area contributed by atoms with E-state index in [0.717, 1.165) is 172 Å². The Bertz CT molecular complexity index is 3870. The third-order valence-electron chi connectivity index (χ3n) is 33.6. The minimum Gasteiger partial charge on any atom is -0.494 e. The number of hydrogen-bond acceptors (Lipinski definition) is 8. The van der Waals surface area contributed by atoms with E-state index in [2.05, 4.69) is 192 Å². The lowest BCUT2D eigenvalue weighted by molar-refractivity contribution is -0.163. The number of esters is 2. The summed E-state index contributed by atoms with van der Waals surface area (Å²) in [4.78, 5) is 31.7. The second-order valence-electron chi connectivity index (χ2n) is 40.9. The van der Waals surface area contributed by atoms with Crippen LogP contribution in [0.5, 0.6) is 11.5 Å². The van der Waals surface area contributed by atoms with E-state index < -0.39 is 0 Å². The zero-order chi connectivity index (χ0) is 78.8. The van der Waals surface area contributed by atoms with E-state index in [1.54, 1.807) is 0 Å². The van der Waals surface area contributed by atoms with Gasteiger partial charge in [0.25, 0.3) is 0 Å². The number of benzene rings is 4. The first-order valence-electron chi connectivity index (χ1n) is 47.0. The van der Waals surface area contributed by atoms with Gasteiger partial charge in [-0.05, 0) is 401 Å². The van der Waals surface area contributed by atoms with Crippen molar-refractivity contribution in [3.05, 3.63) is 120 Å². The molecule has 6 aromatic rings. The fourth-order valence-electron chi connectivity index (χ4n) is 27.7. The summed E-state index contributed by atoms with van der Waals surface area (Å²) in [5.74, 6) is 13.7. The lowest BCUT2D eigenvalue weighted by Gasteiger charge is -2.61. The van der Waals surface area contributed by atoms with Gasteiger partial charge in [-0.2, -0.15) is 0 Å². The SMILES string of the molecule is CCCC1(CCC)c2cc(-c3ccc(-c4ccc(OCCCCCC(=O)O[C@H]5CC[C@@]6(C)C(CC[C@H]7[C@@H]8CC[C@H]([C@H](C)CCCC(C)C)[C@@]8(C)CC[C@@H]76)C5)cc4)s3)ccc2-c2ccc(-c3ccc(-c4ccc(OCCCCCC(=O)O[C@H]5CC[C@@]6(C)C(CC[C@H]7[C@@H]8CC[C@H]([C@H](C)CCCC(C)C)[C@@]8(C)CC[C@@H]76)C5)cc4)s3)cc21. The van der Waals surface area contributed by atoms with Crippen molar-refractivity contribution in [1.82, 2.24) is 0 Å². The monoisotopic (exact) mass is 1570 g/mol. The third kappa shape index (κ3) is 17.3. The van der Waals surface area contributed by atoms with Gasteiger partial charge < -0.3 is 18.9 Å². The molecule has 4 aromatic carbocycles. The Labute approximate surface area is 692 Å². The fraction of sp³-hybridized carbons (Fsp3) is 0.676. The number of carbonyl (C=O) groups excluding carboxylic acids is 2. The van der Waals surface area contributed by atoms with Gasteiger partial charge in [-0.1, -0.05) is 159 Å². The first-order chi connectivity index (χ1) is 54.6. The molecule has 8 saturated carbocycles. The summed E-state index contributed by atoms with van der Waals surface area (Å²) < 4.78 is 25.2. The van der Waals surface area contributed by atoms with Gasteiger partial charge in [-0.25, -0.2) is 0 Å². The normalized spacial score (nSPS) is 31.1. The van der Waals surface area contributed by atoms with Gasteiger partial charge in [0, 0.05) is 37.8 Å². The highest BCUT2D eigenvalue weighted by Crippen LogP contribution is 2.71. The Morgan fingerprint density at radius 3 is 1.18 bits per heavy atom. The lowest BCUT2D eigenvalue weighted by Crippen LogP contribution is -2.54. The molecule has 0 N–H and O–H groups in total. The van der Waals surface area contributed by atoms with Crippen molar-refractivity contribution in [2.75, 3.05) is 13.2 Å². The van der Waals surface area contributed by atoms with E-state index in [9.17, 15) is 9.59 Å². The van der Waals surface area contributed by atoms with Crippen molar-refractivity contribution in [3.63, 3.8) is 0 Å². The molecule has 2 heterocycles. The molecule has 6 nitrogen and oxygen atoms in total. The topological polar surface area (TPSA) is 71.1 Å². The number of rotatable bonds is 34. The van der Waals surface area contributed by atoms with Crippen molar-refractivity contribution in [2.45, 2.75) is 332 Å². The number of thiophene rings is 2. The Hall–Kier alpha value is -5.18. The summed E-state index contributed by atoms with van der Waals surface area (Å²) in [7, 11) is 0. The van der Waals surface area contributed by atoms with Crippen molar-refractivity contribution in [2.24, 2.45) is 105 Å². The Morgan fingerprint density at radius 1 is 0.398 bits per heavy atom. The predicted molar refractivity (Wildman–Crippen MR) is 474 cm³/mol. The van der Waals surface area contributed by atoms with Crippen LogP contribution in [-0.4, -0.2) is 37.4 Å². The lowest BCUT2D eigenvalue weighted by atomic mass is 9.44. The predicted octanol–water partition coefficient (Wildman–Crippen LogP) is 30.3. The molecule has 0 aliphatic heterocycles. The van der Waals surface area contributed by atoms with Gasteiger partial charge in [0.1, 0.15) is 23.7 Å². The van der Waals surface area contributed by atoms with Crippen molar-refractivity contribution >= 4 is 34.6 Å². The van der Waals surface area contributed by atoms with Gasteiger partial charge >= 0.3 is 11.9 Å². The van der Waals surface area contributed by atoms with Crippen LogP contribution in [0.15, 0.2) is 109 Å². The minimum atomic E-state index is -0.0497. The molecular formula is C105H146O6S2. The molecule has 113 heavy (non-hydrogen) atoms. The third-order valence-corrected chi connectivity index (χ3v) is 36.0. The molecule has 0 amide bonds. The quantitative estimate of drug-likeness (QED) is 0.0296. The molecule has 0 spiro atoms. The maximum atomic E-state index is 13.3. The largest absolute Gasteiger partial charge is 0.494 e. The van der Waals surface area contributed by atoms with E-state index >= 15 is 0 Å². The summed E-state index contributed by atoms with van der Waals surface area (Å²) in [5.41, 5.74) is 12.6. The highest BCUT2D eigenvalue weighted by atomic mass is 32.1. The molecule has 0 saturated heterocycles. The molecule has 614 valence electrons. The first-order valence-corrected chi connectivity index (χ1v) is 48.6. The molecule has 2 aromatic heterocycles. The molecule has 18 atom stereocenters. The van der Waals surface area contributed by atoms with Crippen LogP contribution in [0.4, 0.5) is 0 Å². The molecule has 0 radical (unpaired) electrons. The van der Waals surface area contributed by atoms with Crippen LogP contribution in [-0.2, 0) is 24.5 Å². The van der Waals surface area contributed by atoms with E-state index in [1.807, 2.05) is 22.7 Å². The molecule has 8 fully saturated rings. The zero-order valence-electron chi connectivity index (χ0n) is 72.3. The van der Waals surface area contributed by atoms with Crippen LogP contribution in [0.25, 0.3) is 52.9 Å². The van der Waals surface area contributed by atoms with Gasteiger partial charge in [-0.3, -0.25) is 9.59 Å². The summed E-state index contributed by atoms with van der Waals surface area (Å²) in [5, 5.41) is 0. The summed E-state index contributed by atoms with van der Waals surface area (Å²) in [6.07, 6.45) is 43.3. The summed E-state index contributed by atoms with van der Waals surface area (Å²) in [6, 6.07) is 41.1. The average Bonchev–Trinajstić information content (AvgIpc) is 1.68.